The molecule has 2 heterocycles. The second-order valence-electron chi connectivity index (χ2n) is 12.8. The molecule has 3 fully saturated rings. The number of carbonyl (C=O) groups is 4. The highest BCUT2D eigenvalue weighted by Gasteiger charge is 2.76. The summed E-state index contributed by atoms with van der Waals surface area (Å²) in [5.74, 6) is -6.77. The number of alkyl halides is 2. The molecule has 2 aliphatic carbocycles. The maximum absolute atomic E-state index is 14.5. The van der Waals surface area contributed by atoms with E-state index in [4.69, 9.17) is 32.7 Å². The highest BCUT2D eigenvalue weighted by molar-refractivity contribution is 6.58. The van der Waals surface area contributed by atoms with Gasteiger partial charge in [-0.3, -0.25) is 24.1 Å². The Morgan fingerprint density at radius 1 is 0.878 bits per heavy atom. The fraction of sp³-hybridized carbons (Fsp3) is 0.333. The van der Waals surface area contributed by atoms with E-state index in [-0.39, 0.29) is 54.0 Å². The van der Waals surface area contributed by atoms with E-state index >= 15 is 0 Å². The van der Waals surface area contributed by atoms with Crippen LogP contribution in [0.25, 0.3) is 0 Å². The van der Waals surface area contributed by atoms with Crippen molar-refractivity contribution in [3.63, 3.8) is 0 Å². The number of phenols is 2. The van der Waals surface area contributed by atoms with Crippen molar-refractivity contribution in [1.82, 2.24) is 4.90 Å². The molecule has 6 unspecified atom stereocenters. The van der Waals surface area contributed by atoms with E-state index in [0.29, 0.717) is 17.6 Å². The summed E-state index contributed by atoms with van der Waals surface area (Å²) in [7, 11) is 2.68. The van der Waals surface area contributed by atoms with Gasteiger partial charge in [0, 0.05) is 12.5 Å². The molecule has 0 bridgehead atoms. The second-order valence-corrected chi connectivity index (χ2v) is 14.0. The predicted molar refractivity (Wildman–Crippen MR) is 176 cm³/mol. The molecule has 7 rings (SSSR count). The Labute approximate surface area is 290 Å². The molecule has 13 heteroatoms. The van der Waals surface area contributed by atoms with Crippen molar-refractivity contribution in [3.05, 3.63) is 89.3 Å². The van der Waals surface area contributed by atoms with Crippen LogP contribution in [0.15, 0.2) is 72.3 Å². The van der Waals surface area contributed by atoms with Crippen LogP contribution in [0, 0.1) is 23.6 Å². The number of nitrogens with zero attached hydrogens (tertiary/aromatic N) is 2. The number of methoxy groups -OCH3 is 2. The number of allylic oxidation sites excluding steroid dienone is 2. The molecule has 2 aliphatic heterocycles. The number of phenolic OH excluding ortho intramolecular Hbond substituents is 2. The number of carbonyl (C=O) groups excluding carboxylic acids is 4. The average molecular weight is 710 g/mol. The third kappa shape index (κ3) is 4.73. The highest BCUT2D eigenvalue weighted by Crippen LogP contribution is 2.66. The van der Waals surface area contributed by atoms with Crippen molar-refractivity contribution in [1.29, 1.82) is 0 Å². The van der Waals surface area contributed by atoms with Crippen LogP contribution in [-0.2, 0) is 25.6 Å². The monoisotopic (exact) mass is 708 g/mol. The quantitative estimate of drug-likeness (QED) is 0.198. The van der Waals surface area contributed by atoms with Gasteiger partial charge >= 0.3 is 0 Å². The maximum atomic E-state index is 14.5. The summed E-state index contributed by atoms with van der Waals surface area (Å²) in [6.07, 6.45) is 2.10. The number of benzene rings is 3. The van der Waals surface area contributed by atoms with Crippen LogP contribution in [0.5, 0.6) is 23.0 Å². The SMILES string of the molecule is COc1cc(C2C3=CCC4C(=O)N(CCc5ccc(O)cc5)C(=O)C4C3CC3(Cl)C(=O)N(c4ccc(F)cc4)C(=O)C23Cl)cc(OC)c1O. The van der Waals surface area contributed by atoms with Gasteiger partial charge in [-0.2, -0.15) is 0 Å². The molecule has 1 saturated carbocycles. The van der Waals surface area contributed by atoms with Crippen molar-refractivity contribution < 1.29 is 43.3 Å². The summed E-state index contributed by atoms with van der Waals surface area (Å²) < 4.78 is 24.7. The van der Waals surface area contributed by atoms with Crippen LogP contribution >= 0.6 is 23.2 Å². The summed E-state index contributed by atoms with van der Waals surface area (Å²) >= 11 is 14.8. The molecule has 4 amide bonds. The van der Waals surface area contributed by atoms with Gasteiger partial charge in [0.25, 0.3) is 11.8 Å². The predicted octanol–water partition coefficient (Wildman–Crippen LogP) is 5.06. The first-order valence-electron chi connectivity index (χ1n) is 15.7. The van der Waals surface area contributed by atoms with E-state index in [1.807, 2.05) is 0 Å². The van der Waals surface area contributed by atoms with Gasteiger partial charge < -0.3 is 19.7 Å². The van der Waals surface area contributed by atoms with E-state index in [9.17, 15) is 33.8 Å². The highest BCUT2D eigenvalue weighted by atomic mass is 35.5. The molecule has 2 saturated heterocycles. The smallest absolute Gasteiger partial charge is 0.258 e. The Bertz CT molecular complexity index is 1910. The molecule has 0 spiro atoms. The van der Waals surface area contributed by atoms with Gasteiger partial charge in [-0.05, 0) is 84.8 Å². The lowest BCUT2D eigenvalue weighted by atomic mass is 9.56. The van der Waals surface area contributed by atoms with Crippen LogP contribution in [-0.4, -0.2) is 69.3 Å². The number of hydrogen-bond donors (Lipinski definition) is 2. The van der Waals surface area contributed by atoms with Gasteiger partial charge in [-0.15, -0.1) is 23.2 Å². The lowest BCUT2D eigenvalue weighted by Crippen LogP contribution is -2.60. The first-order chi connectivity index (χ1) is 23.3. The number of rotatable bonds is 7. The van der Waals surface area contributed by atoms with Gasteiger partial charge in [0.1, 0.15) is 11.6 Å². The lowest BCUT2D eigenvalue weighted by Gasteiger charge is -2.50. The van der Waals surface area contributed by atoms with Crippen molar-refractivity contribution in [3.8, 4) is 23.0 Å². The minimum absolute atomic E-state index is 0.00545. The van der Waals surface area contributed by atoms with Crippen molar-refractivity contribution in [2.24, 2.45) is 17.8 Å². The van der Waals surface area contributed by atoms with Crippen molar-refractivity contribution >= 4 is 52.5 Å². The van der Waals surface area contributed by atoms with E-state index in [0.717, 1.165) is 22.6 Å². The first-order valence-corrected chi connectivity index (χ1v) is 16.4. The van der Waals surface area contributed by atoms with E-state index in [1.165, 1.54) is 55.5 Å². The van der Waals surface area contributed by atoms with Crippen molar-refractivity contribution in [2.75, 3.05) is 25.7 Å². The summed E-state index contributed by atoms with van der Waals surface area (Å²) in [5, 5.41) is 20.4. The molecule has 49 heavy (non-hydrogen) atoms. The minimum atomic E-state index is -2.16. The maximum Gasteiger partial charge on any atom is 0.258 e. The fourth-order valence-corrected chi connectivity index (χ4v) is 8.98. The van der Waals surface area contributed by atoms with Crippen LogP contribution < -0.4 is 14.4 Å². The zero-order chi connectivity index (χ0) is 35.0. The Morgan fingerprint density at radius 3 is 2.12 bits per heavy atom. The number of ether oxygens (including phenoxy) is 2. The van der Waals surface area contributed by atoms with Crippen LogP contribution in [0.1, 0.15) is 29.9 Å². The Morgan fingerprint density at radius 2 is 1.51 bits per heavy atom. The Kier molecular flexibility index (Phi) is 7.91. The molecule has 0 aromatic heterocycles. The number of halogens is 3. The summed E-state index contributed by atoms with van der Waals surface area (Å²) in [6.45, 7) is 0.106. The minimum Gasteiger partial charge on any atom is -0.508 e. The molecule has 6 atom stereocenters. The number of likely N-dealkylation sites (tertiary alicyclic amines) is 1. The van der Waals surface area contributed by atoms with Crippen LogP contribution in [0.4, 0.5) is 10.1 Å². The zero-order valence-corrected chi connectivity index (χ0v) is 27.9. The molecule has 10 nitrogen and oxygen atoms in total. The summed E-state index contributed by atoms with van der Waals surface area (Å²) in [5.41, 5.74) is 1.75. The number of imide groups is 2. The van der Waals surface area contributed by atoms with Gasteiger partial charge in [0.2, 0.25) is 17.6 Å². The molecule has 4 aliphatic rings. The molecule has 3 aromatic carbocycles. The fourth-order valence-electron chi connectivity index (χ4n) is 8.04. The van der Waals surface area contributed by atoms with Gasteiger partial charge in [0.05, 0.1) is 31.7 Å². The van der Waals surface area contributed by atoms with E-state index < -0.39 is 57.0 Å². The third-order valence-electron chi connectivity index (χ3n) is 10.4. The molecule has 3 aromatic rings. The zero-order valence-electron chi connectivity index (χ0n) is 26.4. The molecule has 0 radical (unpaired) electrons. The van der Waals surface area contributed by atoms with E-state index in [2.05, 4.69) is 0 Å². The average Bonchev–Trinajstić information content (AvgIpc) is 3.42. The van der Waals surface area contributed by atoms with Gasteiger partial charge in [-0.1, -0.05) is 23.8 Å². The number of aromatic hydroxyl groups is 2. The number of amides is 4. The topological polar surface area (TPSA) is 134 Å². The summed E-state index contributed by atoms with van der Waals surface area (Å²) in [6, 6.07) is 14.2. The Balaban J connectivity index is 1.35. The molecule has 2 N–H and O–H groups in total. The number of hydrogen-bond acceptors (Lipinski definition) is 8. The largest absolute Gasteiger partial charge is 0.508 e. The lowest BCUT2D eigenvalue weighted by molar-refractivity contribution is -0.140. The molecular weight excluding hydrogens is 678 g/mol. The summed E-state index contributed by atoms with van der Waals surface area (Å²) in [4.78, 5) is 54.7. The van der Waals surface area contributed by atoms with Gasteiger partial charge in [-0.25, -0.2) is 9.29 Å². The van der Waals surface area contributed by atoms with Crippen LogP contribution in [0.3, 0.4) is 0 Å². The van der Waals surface area contributed by atoms with Gasteiger partial charge in [0.15, 0.2) is 21.2 Å². The Hall–Kier alpha value is -4.61. The second kappa shape index (κ2) is 11.8. The third-order valence-corrected chi connectivity index (χ3v) is 11.8. The molecular formula is C36H31Cl2FN2O8. The molecule has 254 valence electrons. The standard InChI is InChI=1S/C36H31Cl2FN2O8/c1-48-26-15-19(16-27(49-2)30(26)43)29-23-11-12-24-28(32(45)40(31(24)44)14-13-18-3-9-22(42)10-4-18)25(23)17-35(37)33(46)41(34(47)36(29,35)38)21-7-5-20(39)6-8-21/h3-11,15-16,24-25,28-29,42-43H,12-14,17H2,1-2H3. The van der Waals surface area contributed by atoms with Crippen molar-refractivity contribution in [2.45, 2.75) is 34.9 Å². The number of fused-ring (bicyclic) bond motifs is 4. The van der Waals surface area contributed by atoms with Crippen LogP contribution in [0.2, 0.25) is 0 Å². The van der Waals surface area contributed by atoms with E-state index in [1.54, 1.807) is 18.2 Å². The normalized spacial score (nSPS) is 29.0. The first kappa shape index (κ1) is 32.9. The number of anilines is 1.